The van der Waals surface area contributed by atoms with Crippen molar-refractivity contribution in [2.45, 2.75) is 51.7 Å². The van der Waals surface area contributed by atoms with Gasteiger partial charge in [-0.2, -0.15) is 0 Å². The smallest absolute Gasteiger partial charge is 0.321 e. The molecule has 3 fully saturated rings. The maximum Gasteiger partial charge on any atom is 0.321 e. The average Bonchev–Trinajstić information content (AvgIpc) is 3.29. The molecule has 174 valence electrons. The number of carbonyl (C=O) groups excluding carboxylic acids is 4. The minimum Gasteiger partial charge on any atom is -0.472 e. The molecule has 2 aliphatic carbocycles. The normalized spacial score (nSPS) is 38.8. The number of methoxy groups -OCH3 is 1. The number of ketones is 1. The van der Waals surface area contributed by atoms with Crippen molar-refractivity contribution in [1.82, 2.24) is 0 Å². The van der Waals surface area contributed by atoms with Crippen molar-refractivity contribution in [1.29, 1.82) is 0 Å². The maximum atomic E-state index is 13.8. The number of Topliss-reactive ketones (excluding diaryl/α,β-unsaturated/α-hetero) is 1. The van der Waals surface area contributed by atoms with Crippen molar-refractivity contribution in [3.63, 3.8) is 0 Å². The lowest BCUT2D eigenvalue weighted by molar-refractivity contribution is -0.210. The van der Waals surface area contributed by atoms with Crippen LogP contribution < -0.4 is 0 Å². The van der Waals surface area contributed by atoms with Gasteiger partial charge in [-0.05, 0) is 36.2 Å². The zero-order valence-electron chi connectivity index (χ0n) is 18.3. The van der Waals surface area contributed by atoms with Gasteiger partial charge in [0, 0.05) is 17.9 Å². The molecule has 9 heteroatoms. The van der Waals surface area contributed by atoms with Gasteiger partial charge in [-0.15, -0.1) is 11.6 Å². The molecule has 1 aromatic rings. The molecule has 4 rings (SSSR count). The summed E-state index contributed by atoms with van der Waals surface area (Å²) in [5.41, 5.74) is -0.847. The molecule has 1 saturated heterocycles. The number of carbonyl (C=O) groups is 4. The highest BCUT2D eigenvalue weighted by Crippen LogP contribution is 2.65. The summed E-state index contributed by atoms with van der Waals surface area (Å²) in [6.07, 6.45) is 2.73. The van der Waals surface area contributed by atoms with Crippen molar-refractivity contribution in [3.8, 4) is 0 Å². The van der Waals surface area contributed by atoms with Gasteiger partial charge in [-0.1, -0.05) is 13.8 Å². The molecule has 3 aliphatic rings. The van der Waals surface area contributed by atoms with Crippen LogP contribution in [0.3, 0.4) is 0 Å². The third-order valence-electron chi connectivity index (χ3n) is 7.89. The summed E-state index contributed by atoms with van der Waals surface area (Å²) in [6.45, 7) is 3.82. The van der Waals surface area contributed by atoms with E-state index in [9.17, 15) is 19.2 Å². The van der Waals surface area contributed by atoms with Crippen molar-refractivity contribution in [2.75, 3.05) is 13.0 Å². The van der Waals surface area contributed by atoms with Crippen molar-refractivity contribution >= 4 is 35.3 Å². The Balaban J connectivity index is 1.78. The molecule has 0 bridgehead atoms. The van der Waals surface area contributed by atoms with Crippen LogP contribution in [0, 0.1) is 28.6 Å². The van der Waals surface area contributed by atoms with Crippen molar-refractivity contribution < 1.29 is 37.8 Å². The number of furan rings is 1. The molecule has 1 aromatic heterocycles. The minimum absolute atomic E-state index is 0.0392. The van der Waals surface area contributed by atoms with Gasteiger partial charge in [0.1, 0.15) is 12.0 Å². The van der Waals surface area contributed by atoms with Gasteiger partial charge < -0.3 is 18.6 Å². The monoisotopic (exact) mass is 466 g/mol. The van der Waals surface area contributed by atoms with E-state index in [1.165, 1.54) is 19.6 Å². The van der Waals surface area contributed by atoms with Gasteiger partial charge in [0.2, 0.25) is 0 Å². The molecule has 0 radical (unpaired) electrons. The zero-order chi connectivity index (χ0) is 23.3. The summed E-state index contributed by atoms with van der Waals surface area (Å²) in [6, 6.07) is 1.73. The largest absolute Gasteiger partial charge is 0.472 e. The first-order valence-electron chi connectivity index (χ1n) is 10.7. The van der Waals surface area contributed by atoms with E-state index in [1.807, 2.05) is 13.8 Å². The lowest BCUT2D eigenvalue weighted by Crippen LogP contribution is -2.64. The molecule has 0 spiro atoms. The Labute approximate surface area is 190 Å². The Morgan fingerprint density at radius 2 is 2.00 bits per heavy atom. The Kier molecular flexibility index (Phi) is 5.86. The van der Waals surface area contributed by atoms with Gasteiger partial charge in [-0.25, -0.2) is 0 Å². The third-order valence-corrected chi connectivity index (χ3v) is 8.10. The molecular formula is C23H27ClO8. The second kappa shape index (κ2) is 8.21. The Bertz CT molecular complexity index is 926. The number of cyclic esters (lactones) is 1. The predicted molar refractivity (Wildman–Crippen MR) is 110 cm³/mol. The van der Waals surface area contributed by atoms with Gasteiger partial charge in [0.15, 0.2) is 11.9 Å². The number of ether oxygens (including phenoxy) is 3. The van der Waals surface area contributed by atoms with Crippen LogP contribution >= 0.6 is 11.6 Å². The van der Waals surface area contributed by atoms with E-state index in [1.54, 1.807) is 6.07 Å². The Morgan fingerprint density at radius 3 is 2.62 bits per heavy atom. The second-order valence-electron chi connectivity index (χ2n) is 9.55. The lowest BCUT2D eigenvalue weighted by atomic mass is 9.43. The highest BCUT2D eigenvalue weighted by molar-refractivity contribution is 6.26. The summed E-state index contributed by atoms with van der Waals surface area (Å²) in [5.74, 6) is -4.10. The fourth-order valence-electron chi connectivity index (χ4n) is 6.45. The highest BCUT2D eigenvalue weighted by atomic mass is 35.5. The second-order valence-corrected chi connectivity index (χ2v) is 9.82. The van der Waals surface area contributed by atoms with Crippen LogP contribution in [0.4, 0.5) is 0 Å². The molecule has 2 heterocycles. The van der Waals surface area contributed by atoms with Crippen LogP contribution in [-0.2, 0) is 33.4 Å². The number of alkyl halides is 1. The number of rotatable bonds is 4. The third kappa shape index (κ3) is 3.43. The first-order chi connectivity index (χ1) is 15.2. The maximum absolute atomic E-state index is 13.8. The van der Waals surface area contributed by atoms with Crippen LogP contribution in [0.25, 0.3) is 0 Å². The molecule has 0 unspecified atom stereocenters. The van der Waals surface area contributed by atoms with E-state index < -0.39 is 58.6 Å². The molecular weight excluding hydrogens is 440 g/mol. The van der Waals surface area contributed by atoms with Gasteiger partial charge >= 0.3 is 17.9 Å². The zero-order valence-corrected chi connectivity index (χ0v) is 19.1. The molecule has 8 nitrogen and oxygen atoms in total. The summed E-state index contributed by atoms with van der Waals surface area (Å²) < 4.78 is 21.3. The van der Waals surface area contributed by atoms with Crippen molar-refractivity contribution in [2.24, 2.45) is 28.6 Å². The molecule has 7 atom stereocenters. The lowest BCUT2D eigenvalue weighted by Gasteiger charge is -2.61. The van der Waals surface area contributed by atoms with E-state index in [2.05, 4.69) is 0 Å². The summed E-state index contributed by atoms with van der Waals surface area (Å²) in [4.78, 5) is 51.6. The standard InChI is InChI=1S/C23H27ClO8/c1-22-6-4-13-21(28)32-16(12-5-7-30-11-12)9-23(13,2)19(22)18(26)15(31-17(25)10-24)8-14(22)20(27)29-3/h5,7,11,13-16,19H,4,6,8-10H2,1-3H3/t13-,14-,15-,16-,19-,22-,23-/m0/s1. The van der Waals surface area contributed by atoms with Crippen LogP contribution in [0.2, 0.25) is 0 Å². The quantitative estimate of drug-likeness (QED) is 0.378. The van der Waals surface area contributed by atoms with Crippen molar-refractivity contribution in [3.05, 3.63) is 24.2 Å². The van der Waals surface area contributed by atoms with E-state index in [-0.39, 0.29) is 18.2 Å². The highest BCUT2D eigenvalue weighted by Gasteiger charge is 2.67. The van der Waals surface area contributed by atoms with Gasteiger partial charge in [0.25, 0.3) is 0 Å². The van der Waals surface area contributed by atoms with E-state index >= 15 is 0 Å². The van der Waals surface area contributed by atoms with Gasteiger partial charge in [-0.3, -0.25) is 19.2 Å². The number of fused-ring (bicyclic) bond motifs is 3. The molecule has 2 saturated carbocycles. The number of esters is 3. The fourth-order valence-corrected chi connectivity index (χ4v) is 6.52. The minimum atomic E-state index is -1.12. The molecule has 0 N–H and O–H groups in total. The van der Waals surface area contributed by atoms with Crippen LogP contribution in [-0.4, -0.2) is 42.8 Å². The van der Waals surface area contributed by atoms with Gasteiger partial charge in [0.05, 0.1) is 31.5 Å². The molecule has 1 aliphatic heterocycles. The Hall–Kier alpha value is -2.35. The van der Waals surface area contributed by atoms with E-state index in [4.69, 9.17) is 30.2 Å². The van der Waals surface area contributed by atoms with Crippen LogP contribution in [0.5, 0.6) is 0 Å². The summed E-state index contributed by atoms with van der Waals surface area (Å²) in [7, 11) is 1.30. The summed E-state index contributed by atoms with van der Waals surface area (Å²) >= 11 is 5.60. The van der Waals surface area contributed by atoms with E-state index in [0.717, 1.165) is 0 Å². The molecule has 0 amide bonds. The number of hydrogen-bond acceptors (Lipinski definition) is 8. The SMILES string of the molecule is COC(=O)[C@@H]1C[C@H](OC(=O)CCl)C(=O)[C@H]2[C@@]1(C)CC[C@H]1C(=O)O[C@H](c3ccoc3)C[C@]21C. The first kappa shape index (κ1) is 22.8. The Morgan fingerprint density at radius 1 is 1.25 bits per heavy atom. The average molecular weight is 467 g/mol. The topological polar surface area (TPSA) is 109 Å². The van der Waals surface area contributed by atoms with E-state index in [0.29, 0.717) is 24.8 Å². The number of hydrogen-bond donors (Lipinski definition) is 0. The number of halogens is 1. The molecule has 32 heavy (non-hydrogen) atoms. The predicted octanol–water partition coefficient (Wildman–Crippen LogP) is 3.22. The molecule has 0 aromatic carbocycles. The first-order valence-corrected chi connectivity index (χ1v) is 11.3. The summed E-state index contributed by atoms with van der Waals surface area (Å²) in [5, 5.41) is 0. The fraction of sp³-hybridized carbons (Fsp3) is 0.652. The van der Waals surface area contributed by atoms with Crippen LogP contribution in [0.15, 0.2) is 23.0 Å². The van der Waals surface area contributed by atoms with Crippen LogP contribution in [0.1, 0.15) is 51.2 Å².